The fraction of sp³-hybridized carbons (Fsp3) is 0.222. The second-order valence-electron chi connectivity index (χ2n) is 2.81. The first-order chi connectivity index (χ1) is 6.75. The number of anilines is 1. The monoisotopic (exact) mass is 214 g/mol. The van der Waals surface area contributed by atoms with Crippen molar-refractivity contribution in [1.29, 1.82) is 0 Å². The van der Waals surface area contributed by atoms with Gasteiger partial charge in [-0.05, 0) is 18.2 Å². The molecular weight excluding hydrogens is 206 g/mol. The van der Waals surface area contributed by atoms with Crippen LogP contribution in [0, 0.1) is 0 Å². The molecule has 0 saturated heterocycles. The highest BCUT2D eigenvalue weighted by atomic mass is 32.1. The van der Waals surface area contributed by atoms with E-state index in [-0.39, 0.29) is 6.54 Å². The number of hydrogen-bond acceptors (Lipinski definition) is 3. The Morgan fingerprint density at radius 1 is 1.43 bits per heavy atom. The molecule has 14 heavy (non-hydrogen) atoms. The minimum Gasteiger partial charge on any atom is -0.379 e. The van der Waals surface area contributed by atoms with Gasteiger partial charge < -0.3 is 5.32 Å². The molecule has 1 heterocycles. The molecule has 5 heteroatoms. The quantitative estimate of drug-likeness (QED) is 0.849. The first-order valence-corrected chi connectivity index (χ1v) is 4.99. The Morgan fingerprint density at radius 2 is 2.29 bits per heavy atom. The third kappa shape index (κ3) is 1.98. The van der Waals surface area contributed by atoms with Crippen LogP contribution < -0.4 is 5.32 Å². The Bertz CT molecular complexity index is 427. The van der Waals surface area contributed by atoms with Gasteiger partial charge in [0.15, 0.2) is 0 Å². The van der Waals surface area contributed by atoms with E-state index in [0.717, 1.165) is 10.2 Å². The van der Waals surface area contributed by atoms with Crippen molar-refractivity contribution >= 4 is 27.2 Å². The zero-order valence-corrected chi connectivity index (χ0v) is 8.02. The van der Waals surface area contributed by atoms with Gasteiger partial charge in [-0.15, -0.1) is 11.3 Å². The van der Waals surface area contributed by atoms with Gasteiger partial charge in [-0.3, -0.25) is 0 Å². The van der Waals surface area contributed by atoms with E-state index in [0.29, 0.717) is 5.69 Å². The van der Waals surface area contributed by atoms with Crippen molar-refractivity contribution in [2.45, 2.75) is 6.43 Å². The number of thiazole rings is 1. The highest BCUT2D eigenvalue weighted by Crippen LogP contribution is 2.21. The van der Waals surface area contributed by atoms with Crippen molar-refractivity contribution in [1.82, 2.24) is 4.98 Å². The third-order valence-corrected chi connectivity index (χ3v) is 2.58. The molecule has 0 aliphatic heterocycles. The average molecular weight is 214 g/mol. The van der Waals surface area contributed by atoms with Crippen LogP contribution in [0.5, 0.6) is 0 Å². The molecule has 74 valence electrons. The molecule has 0 saturated carbocycles. The van der Waals surface area contributed by atoms with Crippen molar-refractivity contribution in [2.75, 3.05) is 11.9 Å². The van der Waals surface area contributed by atoms with Gasteiger partial charge in [0.2, 0.25) is 0 Å². The number of nitrogens with zero attached hydrogens (tertiary/aromatic N) is 1. The maximum Gasteiger partial charge on any atom is 0.255 e. The van der Waals surface area contributed by atoms with E-state index < -0.39 is 6.43 Å². The van der Waals surface area contributed by atoms with Gasteiger partial charge in [0.1, 0.15) is 0 Å². The zero-order chi connectivity index (χ0) is 9.97. The largest absolute Gasteiger partial charge is 0.379 e. The summed E-state index contributed by atoms with van der Waals surface area (Å²) in [6.07, 6.45) is -2.33. The van der Waals surface area contributed by atoms with Crippen molar-refractivity contribution in [3.05, 3.63) is 23.7 Å². The molecule has 0 bridgehead atoms. The molecule has 0 aliphatic rings. The molecule has 0 atom stereocenters. The van der Waals surface area contributed by atoms with Crippen LogP contribution in [0.15, 0.2) is 23.7 Å². The Morgan fingerprint density at radius 3 is 3.07 bits per heavy atom. The summed E-state index contributed by atoms with van der Waals surface area (Å²) >= 11 is 1.50. The minimum absolute atomic E-state index is 0.315. The summed E-state index contributed by atoms with van der Waals surface area (Å²) in [6, 6.07) is 5.40. The van der Waals surface area contributed by atoms with E-state index in [2.05, 4.69) is 10.3 Å². The second kappa shape index (κ2) is 3.88. The number of rotatable bonds is 3. The number of hydrogen-bond donors (Lipinski definition) is 1. The maximum atomic E-state index is 11.9. The summed E-state index contributed by atoms with van der Waals surface area (Å²) in [5, 5.41) is 2.65. The number of fused-ring (bicyclic) bond motifs is 1. The standard InChI is InChI=1S/C9H8F2N2S/c10-9(11)4-12-6-1-2-7-8(3-6)14-5-13-7/h1-3,5,9,12H,4H2. The summed E-state index contributed by atoms with van der Waals surface area (Å²) in [5.74, 6) is 0. The molecule has 0 amide bonds. The van der Waals surface area contributed by atoms with E-state index in [9.17, 15) is 8.78 Å². The Kier molecular flexibility index (Phi) is 2.58. The predicted molar refractivity (Wildman–Crippen MR) is 54.1 cm³/mol. The minimum atomic E-state index is -2.33. The summed E-state index contributed by atoms with van der Waals surface area (Å²) in [7, 11) is 0. The number of aromatic nitrogens is 1. The number of alkyl halides is 2. The Balaban J connectivity index is 2.17. The van der Waals surface area contributed by atoms with Crippen LogP contribution in [0.3, 0.4) is 0 Å². The molecule has 0 radical (unpaired) electrons. The first kappa shape index (κ1) is 9.33. The lowest BCUT2D eigenvalue weighted by Gasteiger charge is -2.04. The van der Waals surface area contributed by atoms with Crippen LogP contribution in [0.4, 0.5) is 14.5 Å². The summed E-state index contributed by atoms with van der Waals surface area (Å²) < 4.78 is 24.8. The van der Waals surface area contributed by atoms with Gasteiger partial charge in [-0.25, -0.2) is 13.8 Å². The number of halogens is 2. The summed E-state index contributed by atoms with van der Waals surface area (Å²) in [6.45, 7) is -0.315. The van der Waals surface area contributed by atoms with Crippen LogP contribution in [-0.4, -0.2) is 18.0 Å². The van der Waals surface area contributed by atoms with Crippen molar-refractivity contribution in [3.8, 4) is 0 Å². The molecule has 2 aromatic rings. The van der Waals surface area contributed by atoms with Crippen molar-refractivity contribution in [2.24, 2.45) is 0 Å². The van der Waals surface area contributed by atoms with Crippen LogP contribution in [-0.2, 0) is 0 Å². The predicted octanol–water partition coefficient (Wildman–Crippen LogP) is 2.97. The van der Waals surface area contributed by atoms with Crippen LogP contribution in [0.25, 0.3) is 10.2 Å². The van der Waals surface area contributed by atoms with E-state index in [4.69, 9.17) is 0 Å². The topological polar surface area (TPSA) is 24.9 Å². The van der Waals surface area contributed by atoms with Crippen molar-refractivity contribution < 1.29 is 8.78 Å². The molecule has 0 fully saturated rings. The van der Waals surface area contributed by atoms with Gasteiger partial charge in [-0.1, -0.05) is 0 Å². The first-order valence-electron chi connectivity index (χ1n) is 4.11. The highest BCUT2D eigenvalue weighted by molar-refractivity contribution is 7.16. The fourth-order valence-corrected chi connectivity index (χ4v) is 1.88. The lowest BCUT2D eigenvalue weighted by atomic mass is 10.3. The number of nitrogens with one attached hydrogen (secondary N) is 1. The second-order valence-corrected chi connectivity index (χ2v) is 3.69. The molecule has 1 aromatic carbocycles. The van der Waals surface area contributed by atoms with Gasteiger partial charge in [0.25, 0.3) is 6.43 Å². The lowest BCUT2D eigenvalue weighted by molar-refractivity contribution is 0.163. The SMILES string of the molecule is FC(F)CNc1ccc2ncsc2c1. The van der Waals surface area contributed by atoms with E-state index in [1.807, 2.05) is 12.1 Å². The van der Waals surface area contributed by atoms with Gasteiger partial charge in [0.05, 0.1) is 22.3 Å². The molecule has 1 N–H and O–H groups in total. The third-order valence-electron chi connectivity index (χ3n) is 1.79. The molecule has 1 aromatic heterocycles. The van der Waals surface area contributed by atoms with E-state index >= 15 is 0 Å². The van der Waals surface area contributed by atoms with E-state index in [1.165, 1.54) is 11.3 Å². The van der Waals surface area contributed by atoms with Crippen LogP contribution in [0.2, 0.25) is 0 Å². The Hall–Kier alpha value is -1.23. The molecule has 0 aliphatic carbocycles. The highest BCUT2D eigenvalue weighted by Gasteiger charge is 2.02. The molecule has 0 spiro atoms. The maximum absolute atomic E-state index is 11.9. The normalized spacial score (nSPS) is 11.1. The molecule has 2 rings (SSSR count). The molecular formula is C9H8F2N2S. The summed E-state index contributed by atoms with van der Waals surface area (Å²) in [5.41, 5.74) is 3.35. The van der Waals surface area contributed by atoms with Crippen molar-refractivity contribution in [3.63, 3.8) is 0 Å². The Labute approximate surface area is 83.6 Å². The van der Waals surface area contributed by atoms with Gasteiger partial charge in [0, 0.05) is 5.69 Å². The smallest absolute Gasteiger partial charge is 0.255 e. The van der Waals surface area contributed by atoms with Gasteiger partial charge >= 0.3 is 0 Å². The molecule has 0 unspecified atom stereocenters. The fourth-order valence-electron chi connectivity index (χ4n) is 1.16. The number of benzene rings is 1. The summed E-state index contributed by atoms with van der Waals surface area (Å²) in [4.78, 5) is 4.10. The molecule has 2 nitrogen and oxygen atoms in total. The lowest BCUT2D eigenvalue weighted by Crippen LogP contribution is -2.09. The van der Waals surface area contributed by atoms with E-state index in [1.54, 1.807) is 11.6 Å². The van der Waals surface area contributed by atoms with Crippen LogP contribution in [0.1, 0.15) is 0 Å². The van der Waals surface area contributed by atoms with Gasteiger partial charge in [-0.2, -0.15) is 0 Å². The zero-order valence-electron chi connectivity index (χ0n) is 7.21. The average Bonchev–Trinajstić information content (AvgIpc) is 2.61. The van der Waals surface area contributed by atoms with Crippen LogP contribution >= 0.6 is 11.3 Å².